The summed E-state index contributed by atoms with van der Waals surface area (Å²) in [5.41, 5.74) is 19.2. The minimum atomic E-state index is 0.527. The standard InChI is InChI=1S/C43H50/c1-26(2)18-38-28(4)19-35-21-34(23-40(35)42(38)32-10-8-27(3)9-11-32)33-16-17-37-29(5)20-39(41(37)22-33)31-14-12-30(13-15-31)36-24-43(6,7)25-36/h8-11,16-17,19-22,29-31,36H,1,12-15,18,23-25H2,2-7H3. The molecular formula is C43H50. The molecule has 4 aliphatic carbocycles. The second-order valence-electron chi connectivity index (χ2n) is 15.6. The maximum atomic E-state index is 4.29. The van der Waals surface area contributed by atoms with E-state index in [2.05, 4.69) is 109 Å². The number of aryl methyl sites for hydroxylation is 2. The number of benzene rings is 3. The van der Waals surface area contributed by atoms with Crippen LogP contribution in [-0.4, -0.2) is 0 Å². The maximum Gasteiger partial charge on any atom is 0.000174 e. The van der Waals surface area contributed by atoms with Gasteiger partial charge in [0.25, 0.3) is 0 Å². The first-order valence-electron chi connectivity index (χ1n) is 17.0. The van der Waals surface area contributed by atoms with Crippen LogP contribution in [0.1, 0.15) is 117 Å². The van der Waals surface area contributed by atoms with Crippen molar-refractivity contribution in [2.45, 2.75) is 98.8 Å². The summed E-state index contributed by atoms with van der Waals surface area (Å²) in [4.78, 5) is 0. The van der Waals surface area contributed by atoms with Crippen molar-refractivity contribution in [2.75, 3.05) is 0 Å². The van der Waals surface area contributed by atoms with Gasteiger partial charge in [0.2, 0.25) is 0 Å². The summed E-state index contributed by atoms with van der Waals surface area (Å²) in [5.74, 6) is 3.22. The number of rotatable bonds is 6. The van der Waals surface area contributed by atoms with Gasteiger partial charge >= 0.3 is 0 Å². The highest BCUT2D eigenvalue weighted by Gasteiger charge is 2.42. The molecule has 0 bridgehead atoms. The summed E-state index contributed by atoms with van der Waals surface area (Å²) >= 11 is 0. The Morgan fingerprint density at radius 2 is 1.58 bits per heavy atom. The number of hydrogen-bond donors (Lipinski definition) is 0. The Morgan fingerprint density at radius 3 is 2.26 bits per heavy atom. The Bertz CT molecular complexity index is 1640. The van der Waals surface area contributed by atoms with E-state index in [4.69, 9.17) is 0 Å². The monoisotopic (exact) mass is 566 g/mol. The topological polar surface area (TPSA) is 0 Å². The van der Waals surface area contributed by atoms with Crippen LogP contribution in [0.3, 0.4) is 0 Å². The predicted octanol–water partition coefficient (Wildman–Crippen LogP) is 11.9. The molecule has 2 saturated carbocycles. The largest absolute Gasteiger partial charge is 0.0998 e. The number of allylic oxidation sites excluding steroid dienone is 4. The molecule has 0 saturated heterocycles. The quantitative estimate of drug-likeness (QED) is 0.260. The Hall–Kier alpha value is -3.12. The lowest BCUT2D eigenvalue weighted by atomic mass is 9.57. The highest BCUT2D eigenvalue weighted by molar-refractivity contribution is 5.94. The van der Waals surface area contributed by atoms with Crippen LogP contribution in [0.25, 0.3) is 28.3 Å². The van der Waals surface area contributed by atoms with Crippen LogP contribution in [0, 0.1) is 37.0 Å². The molecule has 0 heterocycles. The summed E-state index contributed by atoms with van der Waals surface area (Å²) in [5, 5.41) is 0. The van der Waals surface area contributed by atoms with Gasteiger partial charge in [-0.05, 0) is 163 Å². The van der Waals surface area contributed by atoms with E-state index in [1.54, 1.807) is 11.1 Å². The van der Waals surface area contributed by atoms with Crippen molar-refractivity contribution >= 4 is 17.2 Å². The van der Waals surface area contributed by atoms with Crippen molar-refractivity contribution in [2.24, 2.45) is 23.2 Å². The zero-order valence-corrected chi connectivity index (χ0v) is 27.4. The van der Waals surface area contributed by atoms with Crippen molar-refractivity contribution < 1.29 is 0 Å². The van der Waals surface area contributed by atoms with Gasteiger partial charge in [-0.25, -0.2) is 0 Å². The predicted molar refractivity (Wildman–Crippen MR) is 186 cm³/mol. The Kier molecular flexibility index (Phi) is 7.19. The smallest absolute Gasteiger partial charge is 0.000174 e. The van der Waals surface area contributed by atoms with Crippen LogP contribution >= 0.6 is 0 Å². The lowest BCUT2D eigenvalue weighted by molar-refractivity contribution is 0.0307. The van der Waals surface area contributed by atoms with Gasteiger partial charge < -0.3 is 0 Å². The Balaban J connectivity index is 1.17. The Labute approximate surface area is 261 Å². The molecule has 0 amide bonds. The summed E-state index contributed by atoms with van der Waals surface area (Å²) in [6.45, 7) is 18.2. The van der Waals surface area contributed by atoms with Crippen LogP contribution in [0.2, 0.25) is 0 Å². The fourth-order valence-corrected chi connectivity index (χ4v) is 9.27. The first-order chi connectivity index (χ1) is 20.6. The molecule has 0 N–H and O–H groups in total. The molecule has 1 unspecified atom stereocenters. The molecule has 0 nitrogen and oxygen atoms in total. The molecular weight excluding hydrogens is 516 g/mol. The zero-order chi connectivity index (χ0) is 30.0. The van der Waals surface area contributed by atoms with E-state index in [9.17, 15) is 0 Å². The van der Waals surface area contributed by atoms with Gasteiger partial charge in [0, 0.05) is 5.92 Å². The molecule has 0 heteroatoms. The molecule has 2 fully saturated rings. The summed E-state index contributed by atoms with van der Waals surface area (Å²) in [6.07, 6.45) is 15.6. The van der Waals surface area contributed by atoms with Gasteiger partial charge in [-0.15, -0.1) is 0 Å². The summed E-state index contributed by atoms with van der Waals surface area (Å²) in [6, 6.07) is 19.0. The lowest BCUT2D eigenvalue weighted by Gasteiger charge is -2.48. The third kappa shape index (κ3) is 5.30. The molecule has 3 aromatic rings. The van der Waals surface area contributed by atoms with Crippen molar-refractivity contribution in [3.8, 4) is 11.1 Å². The van der Waals surface area contributed by atoms with Gasteiger partial charge in [0.05, 0.1) is 0 Å². The van der Waals surface area contributed by atoms with Crippen LogP contribution in [0.5, 0.6) is 0 Å². The summed E-state index contributed by atoms with van der Waals surface area (Å²) < 4.78 is 0. The maximum absolute atomic E-state index is 4.29. The van der Waals surface area contributed by atoms with Crippen molar-refractivity contribution in [1.82, 2.24) is 0 Å². The van der Waals surface area contributed by atoms with Crippen LogP contribution < -0.4 is 0 Å². The molecule has 0 aromatic heterocycles. The minimum absolute atomic E-state index is 0.527. The van der Waals surface area contributed by atoms with E-state index in [1.165, 1.54) is 99.7 Å². The van der Waals surface area contributed by atoms with E-state index >= 15 is 0 Å². The lowest BCUT2D eigenvalue weighted by Crippen LogP contribution is -2.37. The van der Waals surface area contributed by atoms with Gasteiger partial charge in [0.1, 0.15) is 0 Å². The van der Waals surface area contributed by atoms with E-state index < -0.39 is 0 Å². The van der Waals surface area contributed by atoms with Gasteiger partial charge in [-0.2, -0.15) is 0 Å². The Morgan fingerprint density at radius 1 is 0.884 bits per heavy atom. The van der Waals surface area contributed by atoms with E-state index in [0.29, 0.717) is 11.3 Å². The molecule has 0 aliphatic heterocycles. The fraction of sp³-hybridized carbons (Fsp3) is 0.442. The van der Waals surface area contributed by atoms with Gasteiger partial charge in [0.15, 0.2) is 0 Å². The minimum Gasteiger partial charge on any atom is -0.0998 e. The first kappa shape index (κ1) is 28.6. The van der Waals surface area contributed by atoms with Gasteiger partial charge in [-0.3, -0.25) is 0 Å². The van der Waals surface area contributed by atoms with Crippen LogP contribution in [0.4, 0.5) is 0 Å². The third-order valence-electron chi connectivity index (χ3n) is 11.5. The van der Waals surface area contributed by atoms with Crippen LogP contribution in [0.15, 0.2) is 66.8 Å². The molecule has 4 aliphatic rings. The SMILES string of the molecule is C=C(C)Cc1c(C)cc2c(c1-c1ccc(C)cc1)CC(c1ccc3c(c1)C(C1CCC(C4CC(C)(C)C4)CC1)=CC3C)=C2. The zero-order valence-electron chi connectivity index (χ0n) is 27.4. The molecule has 43 heavy (non-hydrogen) atoms. The molecule has 222 valence electrons. The molecule has 7 rings (SSSR count). The average Bonchev–Trinajstić information content (AvgIpc) is 3.53. The third-order valence-corrected chi connectivity index (χ3v) is 11.5. The molecule has 1 atom stereocenters. The average molecular weight is 567 g/mol. The van der Waals surface area contributed by atoms with Crippen LogP contribution in [-0.2, 0) is 12.8 Å². The molecule has 0 spiro atoms. The first-order valence-corrected chi connectivity index (χ1v) is 17.0. The summed E-state index contributed by atoms with van der Waals surface area (Å²) in [7, 11) is 0. The molecule has 3 aromatic carbocycles. The van der Waals surface area contributed by atoms with Crippen molar-refractivity contribution in [1.29, 1.82) is 0 Å². The van der Waals surface area contributed by atoms with Crippen molar-refractivity contribution in [3.63, 3.8) is 0 Å². The second kappa shape index (κ2) is 10.8. The highest BCUT2D eigenvalue weighted by atomic mass is 14.5. The van der Waals surface area contributed by atoms with Gasteiger partial charge in [-0.1, -0.05) is 93.1 Å². The van der Waals surface area contributed by atoms with Crippen molar-refractivity contribution in [3.05, 3.63) is 111 Å². The van der Waals surface area contributed by atoms with E-state index in [1.807, 2.05) is 0 Å². The van der Waals surface area contributed by atoms with E-state index in [0.717, 1.165) is 30.6 Å². The fourth-order valence-electron chi connectivity index (χ4n) is 9.27. The molecule has 0 radical (unpaired) electrons. The van der Waals surface area contributed by atoms with E-state index in [-0.39, 0.29) is 0 Å². The normalized spacial score (nSPS) is 24.2. The number of fused-ring (bicyclic) bond motifs is 2. The number of hydrogen-bond acceptors (Lipinski definition) is 0. The second-order valence-corrected chi connectivity index (χ2v) is 15.6. The highest BCUT2D eigenvalue weighted by Crippen LogP contribution is 2.54.